The lowest BCUT2D eigenvalue weighted by Gasteiger charge is -2.34. The maximum absolute atomic E-state index is 16.2. The summed E-state index contributed by atoms with van der Waals surface area (Å²) in [5, 5.41) is 86.1. The molecule has 0 saturated carbocycles. The van der Waals surface area contributed by atoms with Crippen LogP contribution in [0.3, 0.4) is 0 Å². The number of benzene rings is 8. The first-order valence-corrected chi connectivity index (χ1v) is 41.5. The highest BCUT2D eigenvalue weighted by Gasteiger charge is 2.38. The molecular formula is C94H118N4O12S2. The number of fused-ring (bicyclic) bond motifs is 25. The van der Waals surface area contributed by atoms with Crippen LogP contribution in [0.1, 0.15) is 236 Å². The van der Waals surface area contributed by atoms with Gasteiger partial charge in [-0.1, -0.05) is 280 Å². The van der Waals surface area contributed by atoms with Crippen molar-refractivity contribution in [2.75, 3.05) is 25.7 Å². The molecule has 8 aromatic rings. The first kappa shape index (κ1) is 85.5. The van der Waals surface area contributed by atoms with Crippen molar-refractivity contribution in [1.29, 1.82) is 0 Å². The second-order valence-electron chi connectivity index (χ2n) is 37.0. The predicted molar refractivity (Wildman–Crippen MR) is 451 cm³/mol. The zero-order valence-corrected chi connectivity index (χ0v) is 71.0. The maximum Gasteiger partial charge on any atom is 0.329 e. The Bertz CT molecular complexity index is 4290. The normalized spacial score (nSPS) is 19.0. The molecule has 18 heteroatoms. The summed E-state index contributed by atoms with van der Waals surface area (Å²) >= 11 is 0. The highest BCUT2D eigenvalue weighted by molar-refractivity contribution is 8.76. The topological polar surface area (TPSA) is 239 Å². The number of ether oxygens (including phenoxy) is 2. The molecule has 0 unspecified atom stereocenters. The van der Waals surface area contributed by atoms with Gasteiger partial charge in [0, 0.05) is 85.6 Å². The molecule has 16 nitrogen and oxygen atoms in total. The molecule has 2 amide bonds. The molecule has 8 aromatic carbocycles. The van der Waals surface area contributed by atoms with E-state index in [4.69, 9.17) is 9.47 Å². The molecule has 112 heavy (non-hydrogen) atoms. The van der Waals surface area contributed by atoms with E-state index in [9.17, 15) is 40.2 Å². The molecule has 2 heterocycles. The number of aromatic hydroxyl groups is 6. The van der Waals surface area contributed by atoms with Crippen molar-refractivity contribution in [2.24, 2.45) is 0 Å². The Labute approximate surface area is 672 Å². The van der Waals surface area contributed by atoms with E-state index in [1.165, 1.54) is 35.8 Å². The first-order chi connectivity index (χ1) is 52.3. The van der Waals surface area contributed by atoms with Crippen molar-refractivity contribution in [3.05, 3.63) is 245 Å². The molecule has 14 bridgehead atoms. The molecule has 4 atom stereocenters. The van der Waals surface area contributed by atoms with Crippen LogP contribution in [0.2, 0.25) is 0 Å². The Balaban J connectivity index is 1.36. The van der Waals surface area contributed by atoms with Gasteiger partial charge in [-0.2, -0.15) is 0 Å². The molecule has 2 aliphatic rings. The van der Waals surface area contributed by atoms with Crippen LogP contribution in [0, 0.1) is 0 Å². The zero-order valence-electron chi connectivity index (χ0n) is 69.3. The number of esters is 2. The summed E-state index contributed by atoms with van der Waals surface area (Å²) in [5.74, 6) is -3.17. The fraction of sp³-hybridized carbons (Fsp3) is 0.447. The third-order valence-corrected chi connectivity index (χ3v) is 24.4. The fourth-order valence-corrected chi connectivity index (χ4v) is 17.1. The summed E-state index contributed by atoms with van der Waals surface area (Å²) < 4.78 is 10.9. The minimum atomic E-state index is -1.28. The molecule has 0 radical (unpaired) electrons. The summed E-state index contributed by atoms with van der Waals surface area (Å²) in [5.41, 5.74) is 9.45. The molecule has 0 aliphatic carbocycles. The van der Waals surface area contributed by atoms with E-state index in [0.717, 1.165) is 44.5 Å². The number of carbonyl (C=O) groups excluding carboxylic acids is 4. The lowest BCUT2D eigenvalue weighted by atomic mass is 9.80. The number of amides is 2. The van der Waals surface area contributed by atoms with E-state index in [-0.39, 0.29) is 111 Å². The fourth-order valence-electron chi connectivity index (χ4n) is 14.8. The van der Waals surface area contributed by atoms with E-state index in [1.54, 1.807) is 0 Å². The smallest absolute Gasteiger partial charge is 0.329 e. The zero-order chi connectivity index (χ0) is 82.1. The van der Waals surface area contributed by atoms with Crippen LogP contribution in [0.5, 0.6) is 34.5 Å². The number of rotatable bonds is 6. The Kier molecular flexibility index (Phi) is 26.0. The number of nitrogens with one attached hydrogen (secondary N) is 2. The molecule has 10 rings (SSSR count). The van der Waals surface area contributed by atoms with Gasteiger partial charge in [0.2, 0.25) is 11.8 Å². The van der Waals surface area contributed by atoms with Gasteiger partial charge in [-0.25, -0.2) is 9.59 Å². The van der Waals surface area contributed by atoms with Gasteiger partial charge in [0.05, 0.1) is 26.3 Å². The third-order valence-electron chi connectivity index (χ3n) is 22.0. The SMILES string of the molecule is COC(=O)[C@H]1CSSC[C@H](C(=O)OC)NC(=O)[C@@H](Cc2ccccc2)N2Cc3cc(C(C)(C)C)cc(c3O)Cc3cc(C(C)(C)C)cc(c3O)Cc3cc(C(C)(C)C)cc(c3O)CN(Cc3cc(C(C)(C)C)cc(c3O)Cc3cc(C(C)(C)C)cc(c3O)Cc3cc(C(C)(C)C)cc(c3O)C2)[C@H](Cc2ccccc2)C(=O)N1. The van der Waals surface area contributed by atoms with Crippen LogP contribution in [0.15, 0.2) is 133 Å². The van der Waals surface area contributed by atoms with E-state index < -0.39 is 80.4 Å². The van der Waals surface area contributed by atoms with E-state index in [1.807, 2.05) is 143 Å². The monoisotopic (exact) mass is 1560 g/mol. The van der Waals surface area contributed by atoms with Crippen molar-refractivity contribution in [3.8, 4) is 34.5 Å². The third kappa shape index (κ3) is 20.5. The Morgan fingerprint density at radius 3 is 0.741 bits per heavy atom. The largest absolute Gasteiger partial charge is 0.507 e. The van der Waals surface area contributed by atoms with E-state index in [2.05, 4.69) is 135 Å². The van der Waals surface area contributed by atoms with Gasteiger partial charge in [0.15, 0.2) is 0 Å². The van der Waals surface area contributed by atoms with Gasteiger partial charge in [-0.3, -0.25) is 19.4 Å². The van der Waals surface area contributed by atoms with Gasteiger partial charge in [0.25, 0.3) is 0 Å². The summed E-state index contributed by atoms with van der Waals surface area (Å²) in [6, 6.07) is 37.8. The van der Waals surface area contributed by atoms with Crippen LogP contribution in [-0.2, 0) is 126 Å². The molecule has 0 spiro atoms. The summed E-state index contributed by atoms with van der Waals surface area (Å²) in [4.78, 5) is 65.0. The van der Waals surface area contributed by atoms with Crippen LogP contribution in [-0.4, -0.2) is 114 Å². The number of phenols is 6. The Hall–Kier alpha value is -8.94. The van der Waals surface area contributed by atoms with Gasteiger partial charge < -0.3 is 50.7 Å². The minimum absolute atomic E-state index is 0.0362. The van der Waals surface area contributed by atoms with E-state index in [0.29, 0.717) is 66.8 Å². The van der Waals surface area contributed by atoms with Crippen molar-refractivity contribution < 1.29 is 59.3 Å². The molecule has 0 aromatic heterocycles. The highest BCUT2D eigenvalue weighted by Crippen LogP contribution is 2.45. The Morgan fingerprint density at radius 1 is 0.348 bits per heavy atom. The minimum Gasteiger partial charge on any atom is -0.507 e. The predicted octanol–water partition coefficient (Wildman–Crippen LogP) is 17.3. The number of phenolic OH excluding ortho intramolecular Hbond substituents is 6. The van der Waals surface area contributed by atoms with Crippen LogP contribution in [0.25, 0.3) is 0 Å². The molecular weight excluding hydrogens is 1440 g/mol. The van der Waals surface area contributed by atoms with Gasteiger partial charge in [-0.15, -0.1) is 0 Å². The molecule has 2 aliphatic heterocycles. The van der Waals surface area contributed by atoms with Crippen molar-refractivity contribution in [1.82, 2.24) is 20.4 Å². The summed E-state index contributed by atoms with van der Waals surface area (Å²) in [6.07, 6.45) is 0.309. The highest BCUT2D eigenvalue weighted by atomic mass is 33.1. The summed E-state index contributed by atoms with van der Waals surface area (Å²) in [6.45, 7) is 37.2. The van der Waals surface area contributed by atoms with Crippen molar-refractivity contribution >= 4 is 45.3 Å². The van der Waals surface area contributed by atoms with Gasteiger partial charge >= 0.3 is 11.9 Å². The van der Waals surface area contributed by atoms with E-state index >= 15 is 9.59 Å². The Morgan fingerprint density at radius 2 is 0.545 bits per heavy atom. The average molecular weight is 1560 g/mol. The van der Waals surface area contributed by atoms with Crippen molar-refractivity contribution in [3.63, 3.8) is 0 Å². The number of hydrogen-bond donors (Lipinski definition) is 8. The number of carbonyl (C=O) groups is 4. The molecule has 0 saturated heterocycles. The molecule has 598 valence electrons. The van der Waals surface area contributed by atoms with Crippen LogP contribution < -0.4 is 10.6 Å². The maximum atomic E-state index is 16.2. The lowest BCUT2D eigenvalue weighted by molar-refractivity contribution is -0.145. The molecule has 8 N–H and O–H groups in total. The second-order valence-corrected chi connectivity index (χ2v) is 39.6. The average Bonchev–Trinajstić information content (AvgIpc) is 0.783. The van der Waals surface area contributed by atoms with Crippen LogP contribution >= 0.6 is 21.6 Å². The summed E-state index contributed by atoms with van der Waals surface area (Å²) in [7, 11) is 4.86. The number of methoxy groups -OCH3 is 2. The van der Waals surface area contributed by atoms with Crippen LogP contribution in [0.4, 0.5) is 0 Å². The molecule has 0 fully saturated rings. The van der Waals surface area contributed by atoms with Gasteiger partial charge in [-0.05, 0) is 134 Å². The quantitative estimate of drug-likeness (QED) is 0.0570. The second kappa shape index (κ2) is 34.0. The van der Waals surface area contributed by atoms with Gasteiger partial charge in [0.1, 0.15) is 46.6 Å². The first-order valence-electron chi connectivity index (χ1n) is 39.0. The standard InChI is InChI=1S/C94H118N4O12S2/c1-89(2,3)69-37-57-33-61-41-71(91(7,8)9)45-65(81(61)101)49-97-51-67-47-73(93(13,14)15)43-63(83(67)103)35-59-39-70(90(4,5)6)40-60(80(59)100)36-64-44-74(94(16,17)18)48-68(84(64)104)52-98(50-66-46-72(92(10,11)12)42-62(82(66)102)34-58(38-69)79(57)99)78(32-56-29-25-22-26-30-56)86(106)96-76(88(108)110-20)54-112-111-53-75(87(107)109-19)95-85(105)77(97)31-55-27-23-21-24-28-55/h21-30,37-48,75-78,99-104H,31-36,49-54H2,1-20H3,(H,95,105)(H,96,106)/t75-,76-,77-,78-/m1/s1. The number of nitrogens with zero attached hydrogens (tertiary/aromatic N) is 2. The lowest BCUT2D eigenvalue weighted by Crippen LogP contribution is -2.53. The van der Waals surface area contributed by atoms with Crippen molar-refractivity contribution in [2.45, 2.75) is 246 Å². The number of hydrogen-bond acceptors (Lipinski definition) is 16.